The van der Waals surface area contributed by atoms with Crippen LogP contribution >= 0.6 is 0 Å². The van der Waals surface area contributed by atoms with E-state index in [0.717, 1.165) is 78.6 Å². The maximum Gasteiger partial charge on any atom is 0.256 e. The summed E-state index contributed by atoms with van der Waals surface area (Å²) in [5.74, 6) is 1.08. The Labute approximate surface area is 171 Å². The SMILES string of the molecule is CCCCC1=NC2(CCCC2)C(=O)N1C1c2ccc(-c3ccccc3)c1c2C#N. The van der Waals surface area contributed by atoms with Crippen LogP contribution in [0.4, 0.5) is 0 Å². The monoisotopic (exact) mass is 383 g/mol. The van der Waals surface area contributed by atoms with Gasteiger partial charge in [0, 0.05) is 12.0 Å². The van der Waals surface area contributed by atoms with Crippen LogP contribution in [0.2, 0.25) is 0 Å². The van der Waals surface area contributed by atoms with Crippen LogP contribution in [-0.2, 0) is 4.79 Å². The molecule has 29 heavy (non-hydrogen) atoms. The molecule has 3 aliphatic carbocycles. The van der Waals surface area contributed by atoms with Gasteiger partial charge in [-0.25, -0.2) is 0 Å². The third-order valence-electron chi connectivity index (χ3n) is 6.72. The van der Waals surface area contributed by atoms with E-state index in [1.54, 1.807) is 0 Å². The third kappa shape index (κ3) is 2.57. The van der Waals surface area contributed by atoms with Crippen LogP contribution in [0.5, 0.6) is 0 Å². The van der Waals surface area contributed by atoms with Gasteiger partial charge in [0.25, 0.3) is 5.91 Å². The average molecular weight is 383 g/mol. The molecule has 1 spiro atoms. The molecule has 1 unspecified atom stereocenters. The van der Waals surface area contributed by atoms with Crippen LogP contribution in [0.1, 0.15) is 57.4 Å². The highest BCUT2D eigenvalue weighted by Gasteiger charge is 2.55. The van der Waals surface area contributed by atoms with Gasteiger partial charge in [-0.1, -0.05) is 68.7 Å². The first-order valence-corrected chi connectivity index (χ1v) is 10.7. The van der Waals surface area contributed by atoms with Crippen LogP contribution in [-0.4, -0.2) is 28.2 Å². The number of aliphatic imine (C=N–C) groups is 1. The van der Waals surface area contributed by atoms with Crippen molar-refractivity contribution >= 4 is 17.3 Å². The predicted octanol–water partition coefficient (Wildman–Crippen LogP) is 4.96. The number of hydrogen-bond donors (Lipinski definition) is 0. The Morgan fingerprint density at radius 1 is 1.21 bits per heavy atom. The average Bonchev–Trinajstić information content (AvgIpc) is 3.34. The number of rotatable bonds is 5. The predicted molar refractivity (Wildman–Crippen MR) is 114 cm³/mol. The molecule has 1 amide bonds. The van der Waals surface area contributed by atoms with E-state index in [1.165, 1.54) is 0 Å². The summed E-state index contributed by atoms with van der Waals surface area (Å²) in [4.78, 5) is 20.7. The standard InChI is InChI=1S/C25H25N3O/c1-2-3-11-21-27-25(14-7-8-15-25)24(29)28(21)23-19-13-12-18(22(23)20(19)16-26)17-9-5-4-6-10-17/h4-6,9-10,12-13,23H,2-3,7-8,11,14-15H2,1H3. The van der Waals surface area contributed by atoms with Crippen molar-refractivity contribution in [2.45, 2.75) is 63.5 Å². The molecule has 0 N–H and O–H groups in total. The number of unbranched alkanes of at least 4 members (excludes halogenated alkanes) is 1. The van der Waals surface area contributed by atoms with Gasteiger partial charge in [0.2, 0.25) is 0 Å². The molecule has 1 saturated carbocycles. The summed E-state index contributed by atoms with van der Waals surface area (Å²) in [6, 6.07) is 12.4. The van der Waals surface area contributed by atoms with Gasteiger partial charge in [0.05, 0.1) is 17.7 Å². The summed E-state index contributed by atoms with van der Waals surface area (Å²) in [6.45, 7) is 2.17. The molecule has 0 saturated heterocycles. The Kier molecular flexibility index (Phi) is 4.28. The fraction of sp³-hybridized carbons (Fsp3) is 0.400. The second-order valence-corrected chi connectivity index (χ2v) is 8.42. The smallest absolute Gasteiger partial charge is 0.256 e. The third-order valence-corrected chi connectivity index (χ3v) is 6.72. The van der Waals surface area contributed by atoms with E-state index in [-0.39, 0.29) is 11.9 Å². The summed E-state index contributed by atoms with van der Waals surface area (Å²) in [5.41, 5.74) is 4.28. The number of carbonyl (C=O) groups excluding carboxylic acids is 1. The molecule has 2 bridgehead atoms. The van der Waals surface area contributed by atoms with Gasteiger partial charge < -0.3 is 0 Å². The van der Waals surface area contributed by atoms with Crippen molar-refractivity contribution in [1.82, 2.24) is 4.90 Å². The van der Waals surface area contributed by atoms with E-state index in [0.29, 0.717) is 0 Å². The summed E-state index contributed by atoms with van der Waals surface area (Å²) < 4.78 is 0. The summed E-state index contributed by atoms with van der Waals surface area (Å²) in [5, 5.41) is 9.79. The van der Waals surface area contributed by atoms with Crippen molar-refractivity contribution in [3.8, 4) is 6.07 Å². The van der Waals surface area contributed by atoms with E-state index in [1.807, 2.05) is 29.2 Å². The van der Waals surface area contributed by atoms with Crippen LogP contribution in [0.3, 0.4) is 0 Å². The molecule has 1 aromatic carbocycles. The van der Waals surface area contributed by atoms with Crippen LogP contribution in [0.15, 0.2) is 64.2 Å². The maximum absolute atomic E-state index is 13.7. The molecule has 1 aromatic rings. The van der Waals surface area contributed by atoms with E-state index < -0.39 is 5.54 Å². The molecule has 146 valence electrons. The Hall–Kier alpha value is -2.93. The molecule has 1 aliphatic heterocycles. The highest BCUT2D eigenvalue weighted by Crippen LogP contribution is 2.51. The first-order valence-electron chi connectivity index (χ1n) is 10.7. The topological polar surface area (TPSA) is 56.5 Å². The highest BCUT2D eigenvalue weighted by molar-refractivity contribution is 6.11. The second-order valence-electron chi connectivity index (χ2n) is 8.42. The minimum atomic E-state index is -0.544. The van der Waals surface area contributed by atoms with Crippen molar-refractivity contribution < 1.29 is 4.79 Å². The molecule has 1 heterocycles. The molecular weight excluding hydrogens is 358 g/mol. The molecule has 4 aliphatic rings. The molecule has 5 rings (SSSR count). The minimum Gasteiger partial charge on any atom is -0.287 e. The zero-order valence-electron chi connectivity index (χ0n) is 16.8. The van der Waals surface area contributed by atoms with Crippen molar-refractivity contribution in [2.75, 3.05) is 0 Å². The van der Waals surface area contributed by atoms with Crippen LogP contribution in [0.25, 0.3) is 5.57 Å². The summed E-state index contributed by atoms with van der Waals surface area (Å²) in [6.07, 6.45) is 10.9. The minimum absolute atomic E-state index is 0.154. The summed E-state index contributed by atoms with van der Waals surface area (Å²) in [7, 11) is 0. The van der Waals surface area contributed by atoms with Gasteiger partial charge in [-0.15, -0.1) is 0 Å². The van der Waals surface area contributed by atoms with Gasteiger partial charge >= 0.3 is 0 Å². The largest absolute Gasteiger partial charge is 0.287 e. The molecular formula is C25H25N3O. The molecule has 1 atom stereocenters. The van der Waals surface area contributed by atoms with E-state index in [9.17, 15) is 10.1 Å². The normalized spacial score (nSPS) is 24.3. The van der Waals surface area contributed by atoms with Gasteiger partial charge in [0.15, 0.2) is 0 Å². The Balaban J connectivity index is 1.56. The van der Waals surface area contributed by atoms with Crippen LogP contribution in [0, 0.1) is 11.3 Å². The number of nitriles is 1. The molecule has 0 radical (unpaired) electrons. The number of carbonyl (C=O) groups is 1. The quantitative estimate of drug-likeness (QED) is 0.722. The van der Waals surface area contributed by atoms with Crippen molar-refractivity contribution in [3.63, 3.8) is 0 Å². The van der Waals surface area contributed by atoms with E-state index in [2.05, 4.69) is 31.2 Å². The number of fused-ring (bicyclic) bond motifs is 2. The Morgan fingerprint density at radius 3 is 2.66 bits per heavy atom. The fourth-order valence-electron chi connectivity index (χ4n) is 5.24. The lowest BCUT2D eigenvalue weighted by molar-refractivity contribution is -0.131. The number of hydrogen-bond acceptors (Lipinski definition) is 3. The first-order chi connectivity index (χ1) is 14.2. The fourth-order valence-corrected chi connectivity index (χ4v) is 5.24. The van der Waals surface area contributed by atoms with Crippen molar-refractivity contribution in [3.05, 3.63) is 64.8 Å². The molecule has 1 fully saturated rings. The van der Waals surface area contributed by atoms with Gasteiger partial charge in [-0.05, 0) is 36.0 Å². The number of allylic oxidation sites excluding steroid dienone is 2. The van der Waals surface area contributed by atoms with Gasteiger partial charge in [-0.2, -0.15) is 5.26 Å². The molecule has 0 aromatic heterocycles. The van der Waals surface area contributed by atoms with E-state index >= 15 is 0 Å². The Bertz CT molecular complexity index is 1030. The van der Waals surface area contributed by atoms with Crippen molar-refractivity contribution in [1.29, 1.82) is 5.26 Å². The number of benzene rings is 1. The zero-order chi connectivity index (χ0) is 20.0. The number of amides is 1. The van der Waals surface area contributed by atoms with Gasteiger partial charge in [-0.3, -0.25) is 14.7 Å². The number of nitrogens with zero attached hydrogens (tertiary/aromatic N) is 3. The maximum atomic E-state index is 13.7. The highest BCUT2D eigenvalue weighted by atomic mass is 16.2. The lowest BCUT2D eigenvalue weighted by Crippen LogP contribution is -2.52. The number of amidine groups is 1. The van der Waals surface area contributed by atoms with E-state index in [4.69, 9.17) is 4.99 Å². The summed E-state index contributed by atoms with van der Waals surface area (Å²) >= 11 is 0. The second kappa shape index (κ2) is 6.84. The molecule has 4 nitrogen and oxygen atoms in total. The van der Waals surface area contributed by atoms with Crippen molar-refractivity contribution in [2.24, 2.45) is 4.99 Å². The lowest BCUT2D eigenvalue weighted by Gasteiger charge is -2.43. The van der Waals surface area contributed by atoms with Gasteiger partial charge in [0.1, 0.15) is 11.4 Å². The Morgan fingerprint density at radius 2 is 1.97 bits per heavy atom. The molecule has 4 heteroatoms. The van der Waals surface area contributed by atoms with Crippen LogP contribution < -0.4 is 0 Å². The lowest BCUT2D eigenvalue weighted by atomic mass is 9.68. The first kappa shape index (κ1) is 18.1. The zero-order valence-corrected chi connectivity index (χ0v) is 16.8.